The van der Waals surface area contributed by atoms with Gasteiger partial charge in [-0.25, -0.2) is 0 Å². The van der Waals surface area contributed by atoms with Crippen molar-refractivity contribution in [3.63, 3.8) is 0 Å². The van der Waals surface area contributed by atoms with Crippen molar-refractivity contribution in [2.24, 2.45) is 5.92 Å². The number of ether oxygens (including phenoxy) is 2. The Labute approximate surface area is 96.0 Å². The molecule has 1 rings (SSSR count). The molecule has 90 valence electrons. The van der Waals surface area contributed by atoms with Crippen molar-refractivity contribution in [2.75, 3.05) is 25.6 Å². The molecule has 0 aliphatic carbocycles. The number of benzene rings is 1. The highest BCUT2D eigenvalue weighted by molar-refractivity contribution is 5.61. The maximum absolute atomic E-state index is 9.34. The minimum atomic E-state index is 0.0422. The van der Waals surface area contributed by atoms with Crippen LogP contribution in [0.5, 0.6) is 11.5 Å². The molecule has 4 heteroatoms. The van der Waals surface area contributed by atoms with Crippen molar-refractivity contribution in [3.8, 4) is 11.5 Å². The normalized spacial score (nSPS) is 10.7. The predicted octanol–water partition coefficient (Wildman–Crippen LogP) is 2.03. The number of rotatable bonds is 6. The van der Waals surface area contributed by atoms with Gasteiger partial charge in [-0.1, -0.05) is 19.9 Å². The third-order valence-electron chi connectivity index (χ3n) is 1.98. The number of hydrogen-bond donors (Lipinski definition) is 2. The summed E-state index contributed by atoms with van der Waals surface area (Å²) in [4.78, 5) is 0. The molecule has 0 aliphatic heterocycles. The van der Waals surface area contributed by atoms with Crippen LogP contribution in [0.15, 0.2) is 18.2 Å². The van der Waals surface area contributed by atoms with E-state index < -0.39 is 0 Å². The number of anilines is 1. The molecule has 0 fully saturated rings. The first-order valence-corrected chi connectivity index (χ1v) is 5.39. The average Bonchev–Trinajstić information content (AvgIpc) is 2.23. The van der Waals surface area contributed by atoms with E-state index >= 15 is 0 Å². The molecule has 0 bridgehead atoms. The van der Waals surface area contributed by atoms with E-state index in [-0.39, 0.29) is 11.4 Å². The third-order valence-corrected chi connectivity index (χ3v) is 1.98. The lowest BCUT2D eigenvalue weighted by Gasteiger charge is -2.10. The highest BCUT2D eigenvalue weighted by atomic mass is 16.5. The maximum atomic E-state index is 9.34. The molecule has 0 unspecified atom stereocenters. The van der Waals surface area contributed by atoms with Crippen molar-refractivity contribution < 1.29 is 14.6 Å². The van der Waals surface area contributed by atoms with Gasteiger partial charge >= 0.3 is 0 Å². The van der Waals surface area contributed by atoms with E-state index in [0.717, 1.165) is 6.61 Å². The highest BCUT2D eigenvalue weighted by Gasteiger charge is 2.04. The molecule has 1 aromatic rings. The number of aromatic hydroxyl groups is 1. The molecule has 3 N–H and O–H groups in total. The van der Waals surface area contributed by atoms with Gasteiger partial charge in [0.1, 0.15) is 23.8 Å². The van der Waals surface area contributed by atoms with Gasteiger partial charge in [-0.15, -0.1) is 0 Å². The Morgan fingerprint density at radius 2 is 2.06 bits per heavy atom. The van der Waals surface area contributed by atoms with Gasteiger partial charge in [0, 0.05) is 6.61 Å². The number of phenolic OH excluding ortho intramolecular Hbond substituents is 1. The Bertz CT molecular complexity index is 326. The summed E-state index contributed by atoms with van der Waals surface area (Å²) in [6.07, 6.45) is 0. The van der Waals surface area contributed by atoms with Crippen LogP contribution in [0.3, 0.4) is 0 Å². The second-order valence-electron chi connectivity index (χ2n) is 4.01. The van der Waals surface area contributed by atoms with Crippen LogP contribution in [-0.2, 0) is 4.74 Å². The number of nitrogen functional groups attached to an aromatic ring is 1. The Morgan fingerprint density at radius 1 is 1.31 bits per heavy atom. The smallest absolute Gasteiger partial charge is 0.146 e. The Morgan fingerprint density at radius 3 is 2.75 bits per heavy atom. The van der Waals surface area contributed by atoms with Crippen molar-refractivity contribution >= 4 is 5.69 Å². The molecule has 0 radical (unpaired) electrons. The van der Waals surface area contributed by atoms with Crippen LogP contribution in [0, 0.1) is 5.92 Å². The summed E-state index contributed by atoms with van der Waals surface area (Å²) >= 11 is 0. The first-order valence-electron chi connectivity index (χ1n) is 5.39. The molecule has 0 atom stereocenters. The lowest BCUT2D eigenvalue weighted by molar-refractivity contribution is 0.0820. The van der Waals surface area contributed by atoms with Crippen molar-refractivity contribution in [2.45, 2.75) is 13.8 Å². The summed E-state index contributed by atoms with van der Waals surface area (Å²) < 4.78 is 10.7. The van der Waals surface area contributed by atoms with Crippen LogP contribution in [0.1, 0.15) is 13.8 Å². The summed E-state index contributed by atoms with van der Waals surface area (Å²) in [5.41, 5.74) is 5.90. The summed E-state index contributed by atoms with van der Waals surface area (Å²) in [5.74, 6) is 1.06. The molecule has 1 aromatic carbocycles. The molecule has 0 saturated carbocycles. The van der Waals surface area contributed by atoms with Gasteiger partial charge in [0.25, 0.3) is 0 Å². The van der Waals surface area contributed by atoms with Gasteiger partial charge in [-0.2, -0.15) is 0 Å². The topological polar surface area (TPSA) is 64.7 Å². The molecular formula is C12H19NO3. The van der Waals surface area contributed by atoms with Gasteiger partial charge in [0.05, 0.1) is 6.61 Å². The average molecular weight is 225 g/mol. The lowest BCUT2D eigenvalue weighted by Crippen LogP contribution is -2.10. The molecule has 0 heterocycles. The van der Waals surface area contributed by atoms with Crippen LogP contribution in [-0.4, -0.2) is 24.9 Å². The summed E-state index contributed by atoms with van der Waals surface area (Å²) in [6.45, 7) is 5.86. The fraction of sp³-hybridized carbons (Fsp3) is 0.500. The van der Waals surface area contributed by atoms with Gasteiger partial charge in [0.2, 0.25) is 0 Å². The predicted molar refractivity (Wildman–Crippen MR) is 63.7 cm³/mol. The van der Waals surface area contributed by atoms with Crippen molar-refractivity contribution in [1.82, 2.24) is 0 Å². The second-order valence-corrected chi connectivity index (χ2v) is 4.01. The molecule has 16 heavy (non-hydrogen) atoms. The molecular weight excluding hydrogens is 206 g/mol. The third kappa shape index (κ3) is 3.98. The number of hydrogen-bond acceptors (Lipinski definition) is 4. The largest absolute Gasteiger partial charge is 0.506 e. The maximum Gasteiger partial charge on any atom is 0.146 e. The number of para-hydroxylation sites is 1. The Kier molecular flexibility index (Phi) is 4.92. The zero-order valence-electron chi connectivity index (χ0n) is 9.77. The first kappa shape index (κ1) is 12.6. The monoisotopic (exact) mass is 225 g/mol. The Balaban J connectivity index is 2.29. The summed E-state index contributed by atoms with van der Waals surface area (Å²) in [7, 11) is 0. The van der Waals surface area contributed by atoms with E-state index in [1.807, 2.05) is 0 Å². The zero-order valence-corrected chi connectivity index (χ0v) is 9.77. The summed E-state index contributed by atoms with van der Waals surface area (Å²) in [5, 5.41) is 9.34. The van der Waals surface area contributed by atoms with Crippen LogP contribution in [0.4, 0.5) is 5.69 Å². The standard InChI is InChI=1S/C12H19NO3/c1-9(2)8-15-6-7-16-11-5-3-4-10(14)12(11)13/h3-5,9,14H,6-8,13H2,1-2H3. The van der Waals surface area contributed by atoms with Gasteiger partial charge in [-0.3, -0.25) is 0 Å². The molecule has 0 spiro atoms. The van der Waals surface area contributed by atoms with E-state index in [1.54, 1.807) is 12.1 Å². The molecule has 0 aliphatic rings. The fourth-order valence-electron chi connectivity index (χ4n) is 1.19. The molecule has 4 nitrogen and oxygen atoms in total. The van der Waals surface area contributed by atoms with E-state index in [1.165, 1.54) is 6.07 Å². The van der Waals surface area contributed by atoms with Crippen LogP contribution in [0.2, 0.25) is 0 Å². The van der Waals surface area contributed by atoms with Gasteiger partial charge in [-0.05, 0) is 18.1 Å². The zero-order chi connectivity index (χ0) is 12.0. The fourth-order valence-corrected chi connectivity index (χ4v) is 1.19. The second kappa shape index (κ2) is 6.23. The van der Waals surface area contributed by atoms with Crippen LogP contribution < -0.4 is 10.5 Å². The van der Waals surface area contributed by atoms with E-state index in [0.29, 0.717) is 24.9 Å². The van der Waals surface area contributed by atoms with E-state index in [2.05, 4.69) is 13.8 Å². The lowest BCUT2D eigenvalue weighted by atomic mass is 10.2. The van der Waals surface area contributed by atoms with E-state index in [9.17, 15) is 5.11 Å². The van der Waals surface area contributed by atoms with Gasteiger partial charge in [0.15, 0.2) is 0 Å². The highest BCUT2D eigenvalue weighted by Crippen LogP contribution is 2.29. The quantitative estimate of drug-likeness (QED) is 0.441. The minimum Gasteiger partial charge on any atom is -0.506 e. The van der Waals surface area contributed by atoms with Crippen LogP contribution >= 0.6 is 0 Å². The number of nitrogens with two attached hydrogens (primary N) is 1. The van der Waals surface area contributed by atoms with Crippen molar-refractivity contribution in [3.05, 3.63) is 18.2 Å². The van der Waals surface area contributed by atoms with Gasteiger partial charge < -0.3 is 20.3 Å². The molecule has 0 amide bonds. The van der Waals surface area contributed by atoms with E-state index in [4.69, 9.17) is 15.2 Å². The SMILES string of the molecule is CC(C)COCCOc1cccc(O)c1N. The summed E-state index contributed by atoms with van der Waals surface area (Å²) in [6, 6.07) is 4.94. The molecule has 0 aromatic heterocycles. The number of phenols is 1. The van der Waals surface area contributed by atoms with Crippen LogP contribution in [0.25, 0.3) is 0 Å². The van der Waals surface area contributed by atoms with Crippen molar-refractivity contribution in [1.29, 1.82) is 0 Å². The minimum absolute atomic E-state index is 0.0422. The Hall–Kier alpha value is -1.42. The molecule has 0 saturated heterocycles. The first-order chi connectivity index (χ1) is 7.61.